The number of nitrogens with zero attached hydrogens (tertiary/aromatic N) is 1. The molecule has 2 bridgehead atoms. The van der Waals surface area contributed by atoms with E-state index in [1.54, 1.807) is 0 Å². The van der Waals surface area contributed by atoms with Crippen LogP contribution >= 0.6 is 0 Å². The lowest BCUT2D eigenvalue weighted by molar-refractivity contribution is 0.323. The van der Waals surface area contributed by atoms with Crippen LogP contribution in [0.3, 0.4) is 0 Å². The molecule has 0 amide bonds. The van der Waals surface area contributed by atoms with Crippen molar-refractivity contribution in [1.82, 2.24) is 4.90 Å². The van der Waals surface area contributed by atoms with E-state index in [1.165, 1.54) is 12.1 Å². The molecule has 0 aromatic rings. The zero-order chi connectivity index (χ0) is 10.6. The first kappa shape index (κ1) is 11.1. The third kappa shape index (κ3) is 2.28. The Morgan fingerprint density at radius 3 is 2.71 bits per heavy atom. The van der Waals surface area contributed by atoms with Crippen LogP contribution in [0.1, 0.15) is 27.2 Å². The Morgan fingerprint density at radius 1 is 1.29 bits per heavy atom. The fourth-order valence-corrected chi connectivity index (χ4v) is 1.79. The van der Waals surface area contributed by atoms with Gasteiger partial charge in [0, 0.05) is 24.7 Å². The maximum absolute atomic E-state index is 2.36. The molecule has 1 atom stereocenters. The third-order valence-electron chi connectivity index (χ3n) is 2.76. The maximum Gasteiger partial charge on any atom is 0.0331 e. The van der Waals surface area contributed by atoms with Crippen molar-refractivity contribution in [1.29, 1.82) is 0 Å². The van der Waals surface area contributed by atoms with Gasteiger partial charge in [0.15, 0.2) is 0 Å². The Balaban J connectivity index is 0.000000461. The van der Waals surface area contributed by atoms with E-state index in [4.69, 9.17) is 0 Å². The third-order valence-corrected chi connectivity index (χ3v) is 2.76. The van der Waals surface area contributed by atoms with Crippen LogP contribution in [0.15, 0.2) is 36.1 Å². The Morgan fingerprint density at radius 2 is 2.00 bits per heavy atom. The van der Waals surface area contributed by atoms with E-state index in [0.717, 1.165) is 6.54 Å². The van der Waals surface area contributed by atoms with Crippen molar-refractivity contribution in [2.45, 2.75) is 27.2 Å². The van der Waals surface area contributed by atoms with E-state index in [1.807, 2.05) is 13.8 Å². The largest absolute Gasteiger partial charge is 0.375 e. The maximum atomic E-state index is 2.36. The van der Waals surface area contributed by atoms with Crippen LogP contribution < -0.4 is 0 Å². The first-order valence-electron chi connectivity index (χ1n) is 5.50. The number of hydrogen-bond acceptors (Lipinski definition) is 1. The van der Waals surface area contributed by atoms with Gasteiger partial charge in [0.05, 0.1) is 0 Å². The quantitative estimate of drug-likeness (QED) is 0.567. The van der Waals surface area contributed by atoms with E-state index >= 15 is 0 Å². The molecule has 1 aliphatic heterocycles. The fourth-order valence-electron chi connectivity index (χ4n) is 1.79. The van der Waals surface area contributed by atoms with E-state index in [9.17, 15) is 0 Å². The minimum Gasteiger partial charge on any atom is -0.375 e. The van der Waals surface area contributed by atoms with Gasteiger partial charge in [0.2, 0.25) is 0 Å². The molecule has 2 aliphatic rings. The Labute approximate surface area is 87.8 Å². The molecule has 0 fully saturated rings. The second-order valence-electron chi connectivity index (χ2n) is 3.96. The number of allylic oxidation sites excluding steroid dienone is 5. The highest BCUT2D eigenvalue weighted by molar-refractivity contribution is 5.32. The number of fused-ring (bicyclic) bond motifs is 1. The highest BCUT2D eigenvalue weighted by Crippen LogP contribution is 2.33. The van der Waals surface area contributed by atoms with Gasteiger partial charge in [-0.05, 0) is 12.5 Å². The molecule has 0 spiro atoms. The fraction of sp³-hybridized carbons (Fsp3) is 0.538. The van der Waals surface area contributed by atoms with Crippen molar-refractivity contribution in [3.63, 3.8) is 0 Å². The SMILES string of the molecule is CC.CN1CCC2(C)C=CC=CC1=C2. The summed E-state index contributed by atoms with van der Waals surface area (Å²) < 4.78 is 0. The molecule has 14 heavy (non-hydrogen) atoms. The number of likely N-dealkylation sites (N-methyl/N-ethyl adjacent to an activating group) is 1. The second-order valence-corrected chi connectivity index (χ2v) is 3.96. The van der Waals surface area contributed by atoms with Gasteiger partial charge >= 0.3 is 0 Å². The number of rotatable bonds is 0. The van der Waals surface area contributed by atoms with Crippen LogP contribution in [0.25, 0.3) is 0 Å². The molecule has 0 aromatic carbocycles. The van der Waals surface area contributed by atoms with Crippen LogP contribution in [-0.2, 0) is 0 Å². The van der Waals surface area contributed by atoms with E-state index in [0.29, 0.717) is 5.41 Å². The smallest absolute Gasteiger partial charge is 0.0331 e. The van der Waals surface area contributed by atoms with Gasteiger partial charge in [-0.3, -0.25) is 0 Å². The molecule has 0 saturated heterocycles. The summed E-state index contributed by atoms with van der Waals surface area (Å²) >= 11 is 0. The summed E-state index contributed by atoms with van der Waals surface area (Å²) in [6.45, 7) is 7.46. The molecule has 1 unspecified atom stereocenters. The monoisotopic (exact) mass is 191 g/mol. The molecule has 1 heterocycles. The van der Waals surface area contributed by atoms with Crippen molar-refractivity contribution in [2.75, 3.05) is 13.6 Å². The first-order valence-corrected chi connectivity index (χ1v) is 5.50. The predicted molar refractivity (Wildman–Crippen MR) is 63.1 cm³/mol. The van der Waals surface area contributed by atoms with E-state index in [-0.39, 0.29) is 0 Å². The summed E-state index contributed by atoms with van der Waals surface area (Å²) in [5.41, 5.74) is 1.65. The average Bonchev–Trinajstić information content (AvgIpc) is 2.37. The predicted octanol–water partition coefficient (Wildman–Crippen LogP) is 3.36. The first-order chi connectivity index (χ1) is 6.70. The molecule has 1 nitrogen and oxygen atoms in total. The van der Waals surface area contributed by atoms with Crippen molar-refractivity contribution < 1.29 is 0 Å². The Bertz CT molecular complexity index is 273. The summed E-state index contributed by atoms with van der Waals surface area (Å²) in [4.78, 5) is 2.31. The second kappa shape index (κ2) is 4.50. The summed E-state index contributed by atoms with van der Waals surface area (Å²) in [6, 6.07) is 0. The minimum atomic E-state index is 0.297. The van der Waals surface area contributed by atoms with Crippen LogP contribution in [-0.4, -0.2) is 18.5 Å². The summed E-state index contributed by atoms with van der Waals surface area (Å²) in [5.74, 6) is 0. The average molecular weight is 191 g/mol. The van der Waals surface area contributed by atoms with Gasteiger partial charge in [-0.2, -0.15) is 0 Å². The molecular formula is C13H21N. The standard InChI is InChI=1S/C11H15N.C2H6/c1-11-6-4-3-5-10(9-11)12(2)8-7-11;1-2/h3-6,9H,7-8H2,1-2H3;1-2H3. The number of hydrogen-bond donors (Lipinski definition) is 0. The van der Waals surface area contributed by atoms with Crippen LogP contribution in [0.4, 0.5) is 0 Å². The molecule has 0 saturated carbocycles. The van der Waals surface area contributed by atoms with Crippen molar-refractivity contribution in [3.05, 3.63) is 36.1 Å². The van der Waals surface area contributed by atoms with Gasteiger partial charge in [0.25, 0.3) is 0 Å². The minimum absolute atomic E-state index is 0.297. The highest BCUT2D eigenvalue weighted by Gasteiger charge is 2.25. The highest BCUT2D eigenvalue weighted by atomic mass is 15.1. The van der Waals surface area contributed by atoms with Crippen molar-refractivity contribution >= 4 is 0 Å². The molecule has 0 aromatic heterocycles. The topological polar surface area (TPSA) is 3.24 Å². The summed E-state index contributed by atoms with van der Waals surface area (Å²) in [6.07, 6.45) is 12.3. The van der Waals surface area contributed by atoms with E-state index < -0.39 is 0 Å². The van der Waals surface area contributed by atoms with Crippen LogP contribution in [0.2, 0.25) is 0 Å². The van der Waals surface area contributed by atoms with Crippen molar-refractivity contribution in [3.8, 4) is 0 Å². The molecule has 0 radical (unpaired) electrons. The molecule has 0 N–H and O–H groups in total. The zero-order valence-corrected chi connectivity index (χ0v) is 9.75. The van der Waals surface area contributed by atoms with Gasteiger partial charge in [-0.15, -0.1) is 0 Å². The lowest BCUT2D eigenvalue weighted by Crippen LogP contribution is -2.29. The van der Waals surface area contributed by atoms with Crippen molar-refractivity contribution in [2.24, 2.45) is 5.41 Å². The van der Waals surface area contributed by atoms with Gasteiger partial charge in [-0.25, -0.2) is 0 Å². The molecule has 1 aliphatic carbocycles. The van der Waals surface area contributed by atoms with Gasteiger partial charge in [-0.1, -0.05) is 45.1 Å². The summed E-state index contributed by atoms with van der Waals surface area (Å²) in [5, 5.41) is 0. The lowest BCUT2D eigenvalue weighted by atomic mass is 9.83. The Kier molecular flexibility index (Phi) is 3.56. The summed E-state index contributed by atoms with van der Waals surface area (Å²) in [7, 11) is 2.15. The molecular weight excluding hydrogens is 170 g/mol. The van der Waals surface area contributed by atoms with Gasteiger partial charge in [0.1, 0.15) is 0 Å². The zero-order valence-electron chi connectivity index (χ0n) is 9.75. The Hall–Kier alpha value is -0.980. The molecule has 1 heteroatoms. The van der Waals surface area contributed by atoms with Crippen LogP contribution in [0.5, 0.6) is 0 Å². The van der Waals surface area contributed by atoms with Gasteiger partial charge < -0.3 is 4.90 Å². The molecule has 78 valence electrons. The van der Waals surface area contributed by atoms with E-state index in [2.05, 4.69) is 49.3 Å². The van der Waals surface area contributed by atoms with Crippen LogP contribution in [0, 0.1) is 5.41 Å². The lowest BCUT2D eigenvalue weighted by Gasteiger charge is -2.33. The molecule has 2 rings (SSSR count). The normalized spacial score (nSPS) is 28.9.